The first-order valence-electron chi connectivity index (χ1n) is 5.80. The summed E-state index contributed by atoms with van der Waals surface area (Å²) in [6, 6.07) is 2.34. The molecule has 0 atom stereocenters. The quantitative estimate of drug-likeness (QED) is 0.542. The molecule has 22 heavy (non-hydrogen) atoms. The molecule has 0 N–H and O–H groups in total. The van der Waals surface area contributed by atoms with Gasteiger partial charge in [0.2, 0.25) is 0 Å². The van der Waals surface area contributed by atoms with E-state index in [9.17, 15) is 26.3 Å². The molecule has 0 aromatic heterocycles. The van der Waals surface area contributed by atoms with E-state index in [2.05, 4.69) is 4.74 Å². The summed E-state index contributed by atoms with van der Waals surface area (Å²) >= 11 is 5.49. The lowest BCUT2D eigenvalue weighted by atomic mass is 10.1. The summed E-state index contributed by atoms with van der Waals surface area (Å²) in [6.07, 6.45) is -4.18. The van der Waals surface area contributed by atoms with Crippen molar-refractivity contribution in [1.82, 2.24) is 0 Å². The van der Waals surface area contributed by atoms with Crippen molar-refractivity contribution in [2.45, 2.75) is 13.0 Å². The average molecular weight is 341 g/mol. The molecule has 0 bridgehead atoms. The van der Waals surface area contributed by atoms with Crippen molar-refractivity contribution in [2.75, 3.05) is 0 Å². The molecular weight excluding hydrogens is 334 g/mol. The van der Waals surface area contributed by atoms with Crippen molar-refractivity contribution in [3.05, 3.63) is 63.7 Å². The fourth-order valence-corrected chi connectivity index (χ4v) is 1.99. The van der Waals surface area contributed by atoms with Crippen LogP contribution in [0.1, 0.15) is 11.1 Å². The summed E-state index contributed by atoms with van der Waals surface area (Å²) < 4.78 is 84.4. The highest BCUT2D eigenvalue weighted by atomic mass is 35.5. The van der Waals surface area contributed by atoms with E-state index < -0.39 is 45.7 Å². The van der Waals surface area contributed by atoms with Gasteiger partial charge in [0.25, 0.3) is 0 Å². The summed E-state index contributed by atoms with van der Waals surface area (Å²) in [5.74, 6) is -7.27. The van der Waals surface area contributed by atoms with E-state index >= 15 is 0 Å². The number of benzene rings is 2. The minimum absolute atomic E-state index is 0.0309. The molecule has 0 amide bonds. The topological polar surface area (TPSA) is 9.23 Å². The van der Waals surface area contributed by atoms with Crippen LogP contribution in [0.15, 0.2) is 24.3 Å². The molecule has 0 heterocycles. The van der Waals surface area contributed by atoms with Gasteiger partial charge in [-0.15, -0.1) is 0 Å². The van der Waals surface area contributed by atoms with E-state index in [1.807, 2.05) is 0 Å². The summed E-state index contributed by atoms with van der Waals surface area (Å²) in [4.78, 5) is 0. The van der Waals surface area contributed by atoms with E-state index in [1.165, 1.54) is 6.92 Å². The molecule has 0 fully saturated rings. The number of aryl methyl sites for hydroxylation is 1. The first-order chi connectivity index (χ1) is 10.1. The van der Waals surface area contributed by atoms with Crippen LogP contribution in [0.25, 0.3) is 0 Å². The molecule has 8 heteroatoms. The molecular formula is C14H7ClF6O. The van der Waals surface area contributed by atoms with Gasteiger partial charge in [0.15, 0.2) is 17.5 Å². The molecule has 1 nitrogen and oxygen atoms in total. The largest absolute Gasteiger partial charge is 0.429 e. The number of alkyl halides is 2. The molecule has 0 aliphatic rings. The number of hydrogen-bond donors (Lipinski definition) is 0. The summed E-state index contributed by atoms with van der Waals surface area (Å²) in [5, 5.41) is -0.881. The fourth-order valence-electron chi connectivity index (χ4n) is 1.66. The van der Waals surface area contributed by atoms with Crippen LogP contribution in [0.3, 0.4) is 0 Å². The second kappa shape index (κ2) is 5.72. The number of ether oxygens (including phenoxy) is 1. The van der Waals surface area contributed by atoms with Crippen LogP contribution < -0.4 is 4.74 Å². The first kappa shape index (κ1) is 16.5. The van der Waals surface area contributed by atoms with Crippen molar-refractivity contribution in [3.8, 4) is 5.75 Å². The van der Waals surface area contributed by atoms with Crippen molar-refractivity contribution in [3.63, 3.8) is 0 Å². The Labute approximate surface area is 126 Å². The number of hydrogen-bond acceptors (Lipinski definition) is 1. The lowest BCUT2D eigenvalue weighted by molar-refractivity contribution is -0.185. The minimum atomic E-state index is -4.18. The molecule has 0 aliphatic heterocycles. The second-order valence-electron chi connectivity index (χ2n) is 4.38. The van der Waals surface area contributed by atoms with E-state index in [-0.39, 0.29) is 17.7 Å². The second-order valence-corrected chi connectivity index (χ2v) is 4.76. The third-order valence-electron chi connectivity index (χ3n) is 2.79. The van der Waals surface area contributed by atoms with Gasteiger partial charge in [-0.3, -0.25) is 0 Å². The third kappa shape index (κ3) is 2.99. The van der Waals surface area contributed by atoms with Crippen molar-refractivity contribution in [1.29, 1.82) is 0 Å². The molecule has 0 spiro atoms. The monoisotopic (exact) mass is 340 g/mol. The van der Waals surface area contributed by atoms with Crippen LogP contribution in [0.4, 0.5) is 26.3 Å². The Hall–Kier alpha value is -1.89. The maximum atomic E-state index is 14.0. The molecule has 2 aromatic rings. The molecule has 0 saturated carbocycles. The molecule has 2 rings (SSSR count). The fraction of sp³-hybridized carbons (Fsp3) is 0.143. The van der Waals surface area contributed by atoms with Gasteiger partial charge in [0.05, 0.1) is 10.6 Å². The Kier molecular flexibility index (Phi) is 4.28. The van der Waals surface area contributed by atoms with E-state index in [1.54, 1.807) is 0 Å². The predicted octanol–water partition coefficient (Wildman–Crippen LogP) is 5.33. The Morgan fingerprint density at radius 1 is 0.955 bits per heavy atom. The maximum absolute atomic E-state index is 14.0. The SMILES string of the molecule is Cc1ccc(C(F)(F)Oc2cc(F)c(F)c(F)c2)c(Cl)c1F. The normalized spacial score (nSPS) is 11.6. The van der Waals surface area contributed by atoms with Crippen LogP contribution in [0, 0.1) is 30.2 Å². The van der Waals surface area contributed by atoms with Crippen molar-refractivity contribution < 1.29 is 31.1 Å². The zero-order chi connectivity index (χ0) is 16.7. The Morgan fingerprint density at radius 3 is 2.05 bits per heavy atom. The Balaban J connectivity index is 2.42. The average Bonchev–Trinajstić information content (AvgIpc) is 2.41. The smallest absolute Gasteiger partial charge is 0.428 e. The van der Waals surface area contributed by atoms with Crippen LogP contribution in [0.2, 0.25) is 5.02 Å². The first-order valence-corrected chi connectivity index (χ1v) is 6.17. The van der Waals surface area contributed by atoms with Gasteiger partial charge in [-0.25, -0.2) is 17.6 Å². The molecule has 0 saturated heterocycles. The van der Waals surface area contributed by atoms with E-state index in [4.69, 9.17) is 11.6 Å². The lowest BCUT2D eigenvalue weighted by Gasteiger charge is -2.20. The highest BCUT2D eigenvalue weighted by molar-refractivity contribution is 6.31. The van der Waals surface area contributed by atoms with E-state index in [0.29, 0.717) is 0 Å². The van der Waals surface area contributed by atoms with Gasteiger partial charge in [-0.1, -0.05) is 17.7 Å². The highest BCUT2D eigenvalue weighted by Crippen LogP contribution is 2.38. The lowest BCUT2D eigenvalue weighted by Crippen LogP contribution is -2.23. The van der Waals surface area contributed by atoms with E-state index in [0.717, 1.165) is 12.1 Å². The minimum Gasteiger partial charge on any atom is -0.429 e. The van der Waals surface area contributed by atoms with Gasteiger partial charge in [-0.05, 0) is 18.6 Å². The molecule has 0 radical (unpaired) electrons. The van der Waals surface area contributed by atoms with Crippen molar-refractivity contribution in [2.24, 2.45) is 0 Å². The standard InChI is InChI=1S/C14H7ClF6O/c1-6-2-3-8(11(15)12(6)18)14(20,21)22-7-4-9(16)13(19)10(17)5-7/h2-5H,1H3. The third-order valence-corrected chi connectivity index (χ3v) is 3.16. The van der Waals surface area contributed by atoms with Crippen LogP contribution >= 0.6 is 11.6 Å². The van der Waals surface area contributed by atoms with Gasteiger partial charge in [-0.2, -0.15) is 8.78 Å². The summed E-state index contributed by atoms with van der Waals surface area (Å²) in [6.45, 7) is 1.31. The number of halogens is 7. The zero-order valence-corrected chi connectivity index (χ0v) is 11.6. The van der Waals surface area contributed by atoms with Gasteiger partial charge in [0.1, 0.15) is 11.6 Å². The summed E-state index contributed by atoms with van der Waals surface area (Å²) in [5.41, 5.74) is -0.995. The highest BCUT2D eigenvalue weighted by Gasteiger charge is 2.38. The summed E-state index contributed by atoms with van der Waals surface area (Å²) in [7, 11) is 0. The predicted molar refractivity (Wildman–Crippen MR) is 67.0 cm³/mol. The van der Waals surface area contributed by atoms with Crippen LogP contribution in [-0.4, -0.2) is 0 Å². The number of rotatable bonds is 3. The van der Waals surface area contributed by atoms with Gasteiger partial charge < -0.3 is 4.74 Å². The molecule has 0 aliphatic carbocycles. The van der Waals surface area contributed by atoms with Crippen LogP contribution in [-0.2, 0) is 6.11 Å². The maximum Gasteiger partial charge on any atom is 0.428 e. The Bertz CT molecular complexity index is 709. The molecule has 2 aromatic carbocycles. The van der Waals surface area contributed by atoms with Crippen molar-refractivity contribution >= 4 is 11.6 Å². The van der Waals surface area contributed by atoms with Crippen LogP contribution in [0.5, 0.6) is 5.75 Å². The van der Waals surface area contributed by atoms with Gasteiger partial charge in [0, 0.05) is 12.1 Å². The van der Waals surface area contributed by atoms with Gasteiger partial charge >= 0.3 is 6.11 Å². The molecule has 118 valence electrons. The Morgan fingerprint density at radius 2 is 1.50 bits per heavy atom. The zero-order valence-electron chi connectivity index (χ0n) is 10.9. The molecule has 0 unspecified atom stereocenters.